The van der Waals surface area contributed by atoms with Crippen molar-refractivity contribution >= 4 is 17.6 Å². The second kappa shape index (κ2) is 5.57. The van der Waals surface area contributed by atoms with Gasteiger partial charge in [0.1, 0.15) is 6.04 Å². The predicted octanol–water partition coefficient (Wildman–Crippen LogP) is 0.416. The second-order valence-corrected chi connectivity index (χ2v) is 4.06. The number of carboxylic acids is 1. The molecular weight excluding hydrogens is 252 g/mol. The molecule has 0 bridgehead atoms. The zero-order valence-electron chi connectivity index (χ0n) is 10.3. The fraction of sp³-hybridized carbons (Fsp3) is 0.333. The van der Waals surface area contributed by atoms with Crippen molar-refractivity contribution in [2.24, 2.45) is 0 Å². The van der Waals surface area contributed by atoms with Crippen LogP contribution in [0.25, 0.3) is 0 Å². The lowest BCUT2D eigenvalue weighted by atomic mass is 10.2. The van der Waals surface area contributed by atoms with E-state index in [4.69, 9.17) is 14.6 Å². The highest BCUT2D eigenvalue weighted by atomic mass is 16.7. The van der Waals surface area contributed by atoms with Crippen molar-refractivity contribution in [3.63, 3.8) is 0 Å². The van der Waals surface area contributed by atoms with Gasteiger partial charge in [0, 0.05) is 11.8 Å². The van der Waals surface area contributed by atoms with E-state index in [9.17, 15) is 9.59 Å². The molecule has 1 aliphatic rings. The fourth-order valence-electron chi connectivity index (χ4n) is 1.51. The Morgan fingerprint density at radius 2 is 2.11 bits per heavy atom. The van der Waals surface area contributed by atoms with E-state index in [1.807, 2.05) is 0 Å². The molecule has 0 saturated heterocycles. The van der Waals surface area contributed by atoms with Crippen LogP contribution in [-0.2, 0) is 9.59 Å². The Labute approximate surface area is 109 Å². The quantitative estimate of drug-likeness (QED) is 0.714. The molecular formula is C12H14N2O5. The average Bonchev–Trinajstić information content (AvgIpc) is 2.83. The molecule has 0 saturated carbocycles. The minimum absolute atomic E-state index is 0.0814. The molecule has 1 aliphatic heterocycles. The summed E-state index contributed by atoms with van der Waals surface area (Å²) in [4.78, 5) is 22.2. The van der Waals surface area contributed by atoms with E-state index < -0.39 is 12.0 Å². The predicted molar refractivity (Wildman–Crippen MR) is 66.3 cm³/mol. The van der Waals surface area contributed by atoms with Gasteiger partial charge in [0.05, 0.1) is 6.54 Å². The highest BCUT2D eigenvalue weighted by Crippen LogP contribution is 2.34. The Morgan fingerprint density at radius 3 is 2.84 bits per heavy atom. The Hall–Kier alpha value is -2.28. The molecule has 19 heavy (non-hydrogen) atoms. The van der Waals surface area contributed by atoms with E-state index in [2.05, 4.69) is 10.6 Å². The maximum Gasteiger partial charge on any atom is 0.320 e. The lowest BCUT2D eigenvalue weighted by molar-refractivity contribution is -0.139. The number of nitrogens with one attached hydrogen (secondary N) is 2. The number of amides is 1. The van der Waals surface area contributed by atoms with Crippen LogP contribution >= 0.6 is 0 Å². The summed E-state index contributed by atoms with van der Waals surface area (Å²) in [5.41, 5.74) is 0.569. The number of aliphatic carboxylic acids is 1. The van der Waals surface area contributed by atoms with Crippen LogP contribution in [0, 0.1) is 0 Å². The van der Waals surface area contributed by atoms with Gasteiger partial charge in [-0.15, -0.1) is 0 Å². The normalized spacial score (nSPS) is 13.9. The van der Waals surface area contributed by atoms with E-state index in [0.29, 0.717) is 17.2 Å². The number of ether oxygens (including phenoxy) is 2. The SMILES string of the molecule is C[C@@H](NCC(=O)Nc1ccc2c(c1)OCO2)C(=O)O. The average molecular weight is 266 g/mol. The third-order valence-electron chi connectivity index (χ3n) is 2.60. The topological polar surface area (TPSA) is 96.9 Å². The molecule has 1 atom stereocenters. The number of carbonyl (C=O) groups is 2. The summed E-state index contributed by atoms with van der Waals surface area (Å²) in [7, 11) is 0. The van der Waals surface area contributed by atoms with E-state index in [1.54, 1.807) is 18.2 Å². The zero-order chi connectivity index (χ0) is 13.8. The molecule has 0 spiro atoms. The van der Waals surface area contributed by atoms with Gasteiger partial charge in [-0.3, -0.25) is 14.9 Å². The maximum atomic E-state index is 11.6. The molecule has 102 valence electrons. The summed E-state index contributed by atoms with van der Waals surface area (Å²) in [6.07, 6.45) is 0. The number of anilines is 1. The van der Waals surface area contributed by atoms with Gasteiger partial charge in [-0.05, 0) is 19.1 Å². The third-order valence-corrected chi connectivity index (χ3v) is 2.60. The molecule has 0 fully saturated rings. The second-order valence-electron chi connectivity index (χ2n) is 4.06. The minimum atomic E-state index is -1.00. The van der Waals surface area contributed by atoms with Crippen molar-refractivity contribution < 1.29 is 24.2 Å². The molecule has 1 aromatic rings. The van der Waals surface area contributed by atoms with Crippen LogP contribution < -0.4 is 20.1 Å². The number of carbonyl (C=O) groups excluding carboxylic acids is 1. The van der Waals surface area contributed by atoms with Gasteiger partial charge in [-0.25, -0.2) is 0 Å². The molecule has 1 amide bonds. The zero-order valence-corrected chi connectivity index (χ0v) is 10.3. The maximum absolute atomic E-state index is 11.6. The van der Waals surface area contributed by atoms with Gasteiger partial charge >= 0.3 is 5.97 Å². The van der Waals surface area contributed by atoms with Gasteiger partial charge in [-0.1, -0.05) is 0 Å². The standard InChI is InChI=1S/C12H14N2O5/c1-7(12(16)17)13-5-11(15)14-8-2-3-9-10(4-8)19-6-18-9/h2-4,7,13H,5-6H2,1H3,(H,14,15)(H,16,17)/t7-/m1/s1. The molecule has 0 aliphatic carbocycles. The molecule has 0 unspecified atom stereocenters. The van der Waals surface area contributed by atoms with E-state index >= 15 is 0 Å². The number of benzene rings is 1. The smallest absolute Gasteiger partial charge is 0.320 e. The van der Waals surface area contributed by atoms with Crippen molar-refractivity contribution in [1.29, 1.82) is 0 Å². The van der Waals surface area contributed by atoms with Crippen LogP contribution in [-0.4, -0.2) is 36.4 Å². The highest BCUT2D eigenvalue weighted by molar-refractivity contribution is 5.93. The van der Waals surface area contributed by atoms with Gasteiger partial charge in [0.15, 0.2) is 11.5 Å². The Kier molecular flexibility index (Phi) is 3.86. The minimum Gasteiger partial charge on any atom is -0.480 e. The monoisotopic (exact) mass is 266 g/mol. The van der Waals surface area contributed by atoms with Gasteiger partial charge in [-0.2, -0.15) is 0 Å². The summed E-state index contributed by atoms with van der Waals surface area (Å²) in [5, 5.41) is 13.9. The largest absolute Gasteiger partial charge is 0.480 e. The summed E-state index contributed by atoms with van der Waals surface area (Å²) in [5.74, 6) is -0.122. The van der Waals surface area contributed by atoms with Gasteiger partial charge in [0.2, 0.25) is 12.7 Å². The van der Waals surface area contributed by atoms with Crippen LogP contribution in [0.3, 0.4) is 0 Å². The number of hydrogen-bond donors (Lipinski definition) is 3. The number of fused-ring (bicyclic) bond motifs is 1. The van der Waals surface area contributed by atoms with Crippen LogP contribution in [0.1, 0.15) is 6.92 Å². The molecule has 7 nitrogen and oxygen atoms in total. The van der Waals surface area contributed by atoms with E-state index in [-0.39, 0.29) is 19.2 Å². The van der Waals surface area contributed by atoms with Gasteiger partial charge in [0.25, 0.3) is 0 Å². The Balaban J connectivity index is 1.87. The molecule has 1 heterocycles. The molecule has 7 heteroatoms. The number of carboxylic acid groups (broad SMARTS) is 1. The summed E-state index contributed by atoms with van der Waals surface area (Å²) in [6.45, 7) is 1.56. The first-order chi connectivity index (χ1) is 9.06. The third kappa shape index (κ3) is 3.35. The van der Waals surface area contributed by atoms with Crippen LogP contribution in [0.5, 0.6) is 11.5 Å². The van der Waals surface area contributed by atoms with E-state index in [0.717, 1.165) is 0 Å². The van der Waals surface area contributed by atoms with Crippen molar-refractivity contribution in [3.8, 4) is 11.5 Å². The lowest BCUT2D eigenvalue weighted by Crippen LogP contribution is -2.39. The first-order valence-electron chi connectivity index (χ1n) is 5.72. The number of rotatable bonds is 5. The van der Waals surface area contributed by atoms with Crippen LogP contribution in [0.2, 0.25) is 0 Å². The first kappa shape index (κ1) is 13.2. The first-order valence-corrected chi connectivity index (χ1v) is 5.72. The molecule has 0 aromatic heterocycles. The van der Waals surface area contributed by atoms with Gasteiger partial charge < -0.3 is 19.9 Å². The summed E-state index contributed by atoms with van der Waals surface area (Å²) >= 11 is 0. The lowest BCUT2D eigenvalue weighted by Gasteiger charge is -2.09. The van der Waals surface area contributed by atoms with Crippen molar-refractivity contribution in [2.45, 2.75) is 13.0 Å². The fourth-order valence-corrected chi connectivity index (χ4v) is 1.51. The Morgan fingerprint density at radius 1 is 1.37 bits per heavy atom. The molecule has 2 rings (SSSR count). The molecule has 0 radical (unpaired) electrons. The number of hydrogen-bond acceptors (Lipinski definition) is 5. The van der Waals surface area contributed by atoms with Crippen molar-refractivity contribution in [3.05, 3.63) is 18.2 Å². The summed E-state index contributed by atoms with van der Waals surface area (Å²) in [6, 6.07) is 4.26. The Bertz CT molecular complexity index is 503. The summed E-state index contributed by atoms with van der Waals surface area (Å²) < 4.78 is 10.3. The highest BCUT2D eigenvalue weighted by Gasteiger charge is 2.15. The van der Waals surface area contributed by atoms with Crippen molar-refractivity contribution in [1.82, 2.24) is 5.32 Å². The van der Waals surface area contributed by atoms with Crippen molar-refractivity contribution in [2.75, 3.05) is 18.7 Å². The van der Waals surface area contributed by atoms with Crippen LogP contribution in [0.15, 0.2) is 18.2 Å². The van der Waals surface area contributed by atoms with E-state index in [1.165, 1.54) is 6.92 Å². The van der Waals surface area contributed by atoms with Crippen LogP contribution in [0.4, 0.5) is 5.69 Å². The molecule has 3 N–H and O–H groups in total. The molecule has 1 aromatic carbocycles.